The first-order valence-corrected chi connectivity index (χ1v) is 9.80. The van der Waals surface area contributed by atoms with Crippen LogP contribution >= 0.6 is 0 Å². The van der Waals surface area contributed by atoms with E-state index in [0.717, 1.165) is 0 Å². The van der Waals surface area contributed by atoms with Gasteiger partial charge in [0, 0.05) is 26.5 Å². The van der Waals surface area contributed by atoms with Gasteiger partial charge in [0.25, 0.3) is 0 Å². The number of carbonyl (C=O) groups is 2. The number of esters is 2. The number of aliphatic hydroxyl groups is 1. The third kappa shape index (κ3) is 7.74. The zero-order chi connectivity index (χ0) is 21.9. The van der Waals surface area contributed by atoms with Crippen molar-refractivity contribution in [2.45, 2.75) is 63.3 Å². The minimum atomic E-state index is -0.635. The Kier molecular flexibility index (Phi) is 9.72. The largest absolute Gasteiger partial charge is 0.463 e. The van der Waals surface area contributed by atoms with Crippen molar-refractivity contribution in [2.75, 3.05) is 13.2 Å². The summed E-state index contributed by atoms with van der Waals surface area (Å²) in [6.07, 6.45) is 8.71. The van der Waals surface area contributed by atoms with E-state index in [1.807, 2.05) is 12.2 Å². The summed E-state index contributed by atoms with van der Waals surface area (Å²) in [5.74, 6) is -0.899. The van der Waals surface area contributed by atoms with Gasteiger partial charge in [0.05, 0.1) is 18.8 Å². The maximum Gasteiger partial charge on any atom is 0.303 e. The molecule has 0 fully saturated rings. The van der Waals surface area contributed by atoms with Gasteiger partial charge in [-0.3, -0.25) is 9.59 Å². The smallest absolute Gasteiger partial charge is 0.303 e. The zero-order valence-electron chi connectivity index (χ0n) is 17.2. The van der Waals surface area contributed by atoms with Crippen LogP contribution in [0.2, 0.25) is 0 Å². The van der Waals surface area contributed by atoms with Gasteiger partial charge in [-0.05, 0) is 18.6 Å². The van der Waals surface area contributed by atoms with Gasteiger partial charge in [-0.1, -0.05) is 23.4 Å². The van der Waals surface area contributed by atoms with Crippen molar-refractivity contribution in [3.05, 3.63) is 37.0 Å². The molecule has 1 N–H and O–H groups in total. The minimum absolute atomic E-state index is 0.0317. The lowest BCUT2D eigenvalue weighted by molar-refractivity contribution is -0.163. The number of oxime groups is 1. The summed E-state index contributed by atoms with van der Waals surface area (Å²) in [6.45, 7) is 6.05. The molecular weight excluding hydrogens is 394 g/mol. The second-order valence-electron chi connectivity index (χ2n) is 6.87. The van der Waals surface area contributed by atoms with E-state index in [-0.39, 0.29) is 25.4 Å². The van der Waals surface area contributed by atoms with Gasteiger partial charge in [0.2, 0.25) is 0 Å². The quantitative estimate of drug-likeness (QED) is 0.243. The number of aliphatic hydroxyl groups excluding tert-OH is 1. The van der Waals surface area contributed by atoms with Crippen molar-refractivity contribution in [3.63, 3.8) is 0 Å². The van der Waals surface area contributed by atoms with Crippen LogP contribution in [0.3, 0.4) is 0 Å². The minimum Gasteiger partial charge on any atom is -0.463 e. The van der Waals surface area contributed by atoms with Crippen LogP contribution in [0.4, 0.5) is 0 Å². The van der Waals surface area contributed by atoms with Crippen molar-refractivity contribution < 1.29 is 38.5 Å². The van der Waals surface area contributed by atoms with Crippen LogP contribution in [0.25, 0.3) is 0 Å². The molecule has 0 aliphatic carbocycles. The van der Waals surface area contributed by atoms with E-state index in [2.05, 4.69) is 11.7 Å². The van der Waals surface area contributed by atoms with Gasteiger partial charge in [0.15, 0.2) is 6.10 Å². The molecule has 2 aliphatic heterocycles. The summed E-state index contributed by atoms with van der Waals surface area (Å²) >= 11 is 0. The summed E-state index contributed by atoms with van der Waals surface area (Å²) in [4.78, 5) is 27.8. The average Bonchev–Trinajstić information content (AvgIpc) is 2.71. The lowest BCUT2D eigenvalue weighted by Gasteiger charge is -2.31. The van der Waals surface area contributed by atoms with Crippen LogP contribution in [-0.4, -0.2) is 73.1 Å². The second-order valence-corrected chi connectivity index (χ2v) is 6.87. The monoisotopic (exact) mass is 423 g/mol. The van der Waals surface area contributed by atoms with Gasteiger partial charge in [-0.2, -0.15) is 0 Å². The number of ether oxygens (including phenoxy) is 4. The highest BCUT2D eigenvalue weighted by atomic mass is 16.7. The summed E-state index contributed by atoms with van der Waals surface area (Å²) in [6, 6.07) is 0. The first-order valence-electron chi connectivity index (χ1n) is 9.80. The van der Waals surface area contributed by atoms with Crippen LogP contribution in [0, 0.1) is 0 Å². The molecule has 0 aromatic rings. The molecule has 30 heavy (non-hydrogen) atoms. The van der Waals surface area contributed by atoms with Crippen molar-refractivity contribution in [3.8, 4) is 0 Å². The Morgan fingerprint density at radius 2 is 1.70 bits per heavy atom. The molecule has 0 radical (unpaired) electrons. The molecule has 2 rings (SSSR count). The fourth-order valence-electron chi connectivity index (χ4n) is 2.99. The molecule has 0 saturated heterocycles. The molecule has 6 atom stereocenters. The van der Waals surface area contributed by atoms with Gasteiger partial charge < -0.3 is 28.9 Å². The Hall–Kier alpha value is -2.49. The van der Waals surface area contributed by atoms with Gasteiger partial charge in [-0.15, -0.1) is 6.58 Å². The fraction of sp³-hybridized carbons (Fsp3) is 0.571. The maximum atomic E-state index is 11.3. The lowest BCUT2D eigenvalue weighted by atomic mass is 10.1. The number of hydrogen-bond donors (Lipinski definition) is 1. The molecule has 9 nitrogen and oxygen atoms in total. The Morgan fingerprint density at radius 3 is 2.33 bits per heavy atom. The van der Waals surface area contributed by atoms with Crippen molar-refractivity contribution in [1.82, 2.24) is 0 Å². The number of nitrogens with zero attached hydrogens (tertiary/aromatic N) is 1. The van der Waals surface area contributed by atoms with Crippen LogP contribution in [0.15, 0.2) is 42.1 Å². The fourth-order valence-corrected chi connectivity index (χ4v) is 2.99. The Balaban J connectivity index is 1.87. The van der Waals surface area contributed by atoms with Gasteiger partial charge in [0.1, 0.15) is 24.9 Å². The molecule has 0 unspecified atom stereocenters. The third-order valence-electron chi connectivity index (χ3n) is 4.39. The molecule has 0 aromatic heterocycles. The van der Waals surface area contributed by atoms with Crippen LogP contribution in [0.1, 0.15) is 26.7 Å². The first kappa shape index (κ1) is 23.8. The van der Waals surface area contributed by atoms with E-state index >= 15 is 0 Å². The zero-order valence-corrected chi connectivity index (χ0v) is 17.2. The molecule has 0 saturated carbocycles. The van der Waals surface area contributed by atoms with Crippen LogP contribution < -0.4 is 0 Å². The number of carbonyl (C=O) groups excluding carboxylic acids is 2. The van der Waals surface area contributed by atoms with E-state index in [1.54, 1.807) is 24.4 Å². The first-order chi connectivity index (χ1) is 14.4. The SMILES string of the molecule is C=CC[C@@H]1C=C[C@@H](O/N=C\C[C@@H]2C=C[C@H](OC(C)=O)[C@H](COC(C)=O)O2)[C@@H](CO)O1. The highest BCUT2D eigenvalue weighted by molar-refractivity contribution is 5.67. The highest BCUT2D eigenvalue weighted by Crippen LogP contribution is 2.20. The molecule has 0 bridgehead atoms. The normalized spacial score (nSPS) is 30.8. The average molecular weight is 423 g/mol. The predicted molar refractivity (Wildman–Crippen MR) is 108 cm³/mol. The number of hydrogen-bond acceptors (Lipinski definition) is 9. The van der Waals surface area contributed by atoms with E-state index in [9.17, 15) is 14.7 Å². The third-order valence-corrected chi connectivity index (χ3v) is 4.39. The Bertz CT molecular complexity index is 674. The Morgan fingerprint density at radius 1 is 1.03 bits per heavy atom. The molecule has 0 amide bonds. The summed E-state index contributed by atoms with van der Waals surface area (Å²) in [5, 5.41) is 13.4. The highest BCUT2D eigenvalue weighted by Gasteiger charge is 2.31. The summed E-state index contributed by atoms with van der Waals surface area (Å²) < 4.78 is 21.7. The van der Waals surface area contributed by atoms with Crippen molar-refractivity contribution in [2.24, 2.45) is 5.16 Å². The number of rotatable bonds is 10. The van der Waals surface area contributed by atoms with Crippen molar-refractivity contribution >= 4 is 18.2 Å². The Labute approximate surface area is 175 Å². The summed E-state index contributed by atoms with van der Waals surface area (Å²) in [7, 11) is 0. The van der Waals surface area contributed by atoms with Crippen molar-refractivity contribution in [1.29, 1.82) is 0 Å². The topological polar surface area (TPSA) is 113 Å². The van der Waals surface area contributed by atoms with Gasteiger partial charge >= 0.3 is 11.9 Å². The molecule has 0 spiro atoms. The lowest BCUT2D eigenvalue weighted by Crippen LogP contribution is -2.41. The van der Waals surface area contributed by atoms with E-state index in [0.29, 0.717) is 12.8 Å². The van der Waals surface area contributed by atoms with Crippen LogP contribution in [-0.2, 0) is 33.4 Å². The summed E-state index contributed by atoms with van der Waals surface area (Å²) in [5.41, 5.74) is 0. The molecule has 9 heteroatoms. The van der Waals surface area contributed by atoms with E-state index in [4.69, 9.17) is 23.8 Å². The van der Waals surface area contributed by atoms with Crippen LogP contribution in [0.5, 0.6) is 0 Å². The second kappa shape index (κ2) is 12.3. The molecule has 2 aliphatic rings. The molecule has 0 aromatic carbocycles. The predicted octanol–water partition coefficient (Wildman–Crippen LogP) is 1.46. The molecule has 166 valence electrons. The molecule has 2 heterocycles. The maximum absolute atomic E-state index is 11.3. The van der Waals surface area contributed by atoms with E-state index in [1.165, 1.54) is 13.8 Å². The standard InChI is InChI=1S/C21H29NO8/c1-4-5-16-7-9-19(20(12-23)28-16)30-22-11-10-17-6-8-18(27-15(3)25)21(29-17)13-26-14(2)24/h4,6-9,11,16-21,23H,1,5,10,12-13H2,2-3H3/b22-11-/t16-,17+,18+,19-,20-,21+/m1/s1. The molecular formula is C21H29NO8. The van der Waals surface area contributed by atoms with Gasteiger partial charge in [-0.25, -0.2) is 0 Å². The van der Waals surface area contributed by atoms with E-state index < -0.39 is 36.4 Å².